The van der Waals surface area contributed by atoms with Crippen LogP contribution in [0.3, 0.4) is 0 Å². The topological polar surface area (TPSA) is 59.8 Å². The molecule has 1 amide bonds. The van der Waals surface area contributed by atoms with Gasteiger partial charge in [0.25, 0.3) is 5.91 Å². The van der Waals surface area contributed by atoms with Crippen molar-refractivity contribution in [3.8, 4) is 0 Å². The monoisotopic (exact) mass is 284 g/mol. The van der Waals surface area contributed by atoms with E-state index in [1.165, 1.54) is 29.3 Å². The number of nitrogens with one attached hydrogen (secondary N) is 1. The lowest BCUT2D eigenvalue weighted by Gasteiger charge is -2.12. The lowest BCUT2D eigenvalue weighted by atomic mass is 10.1. The molecule has 0 bridgehead atoms. The number of nitrogens with zero attached hydrogens (tertiary/aromatic N) is 3. The zero-order chi connectivity index (χ0) is 14.6. The van der Waals surface area contributed by atoms with Gasteiger partial charge < -0.3 is 5.32 Å². The summed E-state index contributed by atoms with van der Waals surface area (Å²) in [5.74, 6) is -0.773. The molecule has 106 valence electrons. The van der Waals surface area contributed by atoms with E-state index in [0.29, 0.717) is 0 Å². The van der Waals surface area contributed by atoms with Crippen molar-refractivity contribution in [1.29, 1.82) is 0 Å². The fraction of sp³-hybridized carbons (Fsp3) is 0.250. The van der Waals surface area contributed by atoms with Crippen LogP contribution in [-0.4, -0.2) is 27.4 Å². The van der Waals surface area contributed by atoms with Gasteiger partial charge in [-0.2, -0.15) is 28.2 Å². The molecule has 5 nitrogen and oxygen atoms in total. The maximum atomic E-state index is 12.8. The molecule has 0 aliphatic carbocycles. The van der Waals surface area contributed by atoms with E-state index in [1.807, 2.05) is 0 Å². The minimum Gasteiger partial charge on any atom is -0.350 e. The van der Waals surface area contributed by atoms with Crippen LogP contribution in [0.15, 0.2) is 36.7 Å². The Labute approximate surface area is 112 Å². The number of hydrogen-bond acceptors (Lipinski definition) is 3. The molecule has 0 saturated heterocycles. The van der Waals surface area contributed by atoms with Crippen LogP contribution in [0.5, 0.6) is 0 Å². The molecule has 2 aromatic rings. The molecule has 1 aromatic heterocycles. The van der Waals surface area contributed by atoms with Gasteiger partial charge in [0, 0.05) is 6.54 Å². The molecule has 20 heavy (non-hydrogen) atoms. The summed E-state index contributed by atoms with van der Waals surface area (Å²) in [6.07, 6.45) is -1.61. The van der Waals surface area contributed by atoms with Gasteiger partial charge in [-0.15, -0.1) is 0 Å². The van der Waals surface area contributed by atoms with Crippen molar-refractivity contribution in [3.63, 3.8) is 0 Å². The average molecular weight is 284 g/mol. The van der Waals surface area contributed by atoms with Crippen molar-refractivity contribution in [3.05, 3.63) is 47.8 Å². The Balaban J connectivity index is 2.02. The van der Waals surface area contributed by atoms with Crippen LogP contribution in [0.25, 0.3) is 0 Å². The van der Waals surface area contributed by atoms with E-state index in [1.54, 1.807) is 0 Å². The first-order valence-electron chi connectivity index (χ1n) is 5.77. The zero-order valence-corrected chi connectivity index (χ0v) is 10.3. The van der Waals surface area contributed by atoms with Crippen molar-refractivity contribution in [2.24, 2.45) is 0 Å². The predicted octanol–water partition coefficient (Wildman–Crippen LogP) is 1.73. The number of carbonyl (C=O) groups is 1. The van der Waals surface area contributed by atoms with E-state index in [4.69, 9.17) is 0 Å². The van der Waals surface area contributed by atoms with E-state index in [0.717, 1.165) is 12.1 Å². The predicted molar refractivity (Wildman–Crippen MR) is 63.8 cm³/mol. The number of rotatable bonds is 4. The first kappa shape index (κ1) is 14.0. The van der Waals surface area contributed by atoms with Crippen LogP contribution in [0, 0.1) is 0 Å². The number of alkyl halides is 3. The quantitative estimate of drug-likeness (QED) is 0.930. The molecule has 1 aromatic carbocycles. The van der Waals surface area contributed by atoms with Crippen molar-refractivity contribution < 1.29 is 18.0 Å². The maximum absolute atomic E-state index is 12.8. The van der Waals surface area contributed by atoms with Crippen molar-refractivity contribution in [2.75, 3.05) is 6.54 Å². The van der Waals surface area contributed by atoms with Gasteiger partial charge in [0.1, 0.15) is 0 Å². The largest absolute Gasteiger partial charge is 0.417 e. The van der Waals surface area contributed by atoms with Gasteiger partial charge in [-0.3, -0.25) is 4.79 Å². The Morgan fingerprint density at radius 2 is 1.85 bits per heavy atom. The van der Waals surface area contributed by atoms with Gasteiger partial charge in [0.05, 0.1) is 30.1 Å². The summed E-state index contributed by atoms with van der Waals surface area (Å²) in [5.41, 5.74) is -1.34. The molecule has 0 fully saturated rings. The number of carbonyl (C=O) groups excluding carboxylic acids is 1. The molecule has 1 N–H and O–H groups in total. The third-order valence-electron chi connectivity index (χ3n) is 2.54. The highest BCUT2D eigenvalue weighted by Gasteiger charge is 2.34. The van der Waals surface area contributed by atoms with Crippen molar-refractivity contribution >= 4 is 5.91 Å². The summed E-state index contributed by atoms with van der Waals surface area (Å²) in [5, 5.41) is 10.0. The van der Waals surface area contributed by atoms with Crippen molar-refractivity contribution in [1.82, 2.24) is 20.3 Å². The van der Waals surface area contributed by atoms with E-state index in [2.05, 4.69) is 15.5 Å². The Kier molecular flexibility index (Phi) is 4.02. The van der Waals surface area contributed by atoms with Crippen molar-refractivity contribution in [2.45, 2.75) is 12.7 Å². The smallest absolute Gasteiger partial charge is 0.350 e. The SMILES string of the molecule is O=C(NCCn1nccn1)c1ccccc1C(F)(F)F. The highest BCUT2D eigenvalue weighted by molar-refractivity contribution is 5.95. The molecule has 1 heterocycles. The molecular formula is C12H11F3N4O. The Morgan fingerprint density at radius 1 is 1.20 bits per heavy atom. The molecule has 2 rings (SSSR count). The molecule has 0 unspecified atom stereocenters. The minimum atomic E-state index is -4.56. The number of halogens is 3. The summed E-state index contributed by atoms with van der Waals surface area (Å²) >= 11 is 0. The summed E-state index contributed by atoms with van der Waals surface area (Å²) in [4.78, 5) is 13.1. The normalized spacial score (nSPS) is 11.3. The molecule has 0 aliphatic rings. The number of benzene rings is 1. The molecule has 0 spiro atoms. The fourth-order valence-electron chi connectivity index (χ4n) is 1.65. The molecule has 8 heteroatoms. The van der Waals surface area contributed by atoms with Gasteiger partial charge >= 0.3 is 6.18 Å². The first-order valence-corrected chi connectivity index (χ1v) is 5.77. The van der Waals surface area contributed by atoms with E-state index in [9.17, 15) is 18.0 Å². The number of amides is 1. The summed E-state index contributed by atoms with van der Waals surface area (Å²) in [6, 6.07) is 4.65. The van der Waals surface area contributed by atoms with Gasteiger partial charge in [-0.1, -0.05) is 12.1 Å². The first-order chi connectivity index (χ1) is 9.48. The maximum Gasteiger partial charge on any atom is 0.417 e. The number of hydrogen-bond donors (Lipinski definition) is 1. The second-order valence-corrected chi connectivity index (χ2v) is 3.92. The molecular weight excluding hydrogens is 273 g/mol. The van der Waals surface area contributed by atoms with E-state index in [-0.39, 0.29) is 13.1 Å². The van der Waals surface area contributed by atoms with Crippen LogP contribution in [0.2, 0.25) is 0 Å². The minimum absolute atomic E-state index is 0.139. The van der Waals surface area contributed by atoms with Gasteiger partial charge in [-0.05, 0) is 12.1 Å². The van der Waals surface area contributed by atoms with Crippen LogP contribution >= 0.6 is 0 Å². The molecule has 0 saturated carbocycles. The third kappa shape index (κ3) is 3.34. The zero-order valence-electron chi connectivity index (χ0n) is 10.3. The van der Waals surface area contributed by atoms with Crippen LogP contribution in [-0.2, 0) is 12.7 Å². The lowest BCUT2D eigenvalue weighted by molar-refractivity contribution is -0.137. The molecule has 0 aliphatic heterocycles. The summed E-state index contributed by atoms with van der Waals surface area (Å²) in [6.45, 7) is 0.423. The second kappa shape index (κ2) is 5.72. The van der Waals surface area contributed by atoms with E-state index < -0.39 is 23.2 Å². The Hall–Kier alpha value is -2.38. The van der Waals surface area contributed by atoms with Crippen LogP contribution in [0.4, 0.5) is 13.2 Å². The lowest BCUT2D eigenvalue weighted by Crippen LogP contribution is -2.29. The van der Waals surface area contributed by atoms with Gasteiger partial charge in [0.15, 0.2) is 0 Å². The fourth-order valence-corrected chi connectivity index (χ4v) is 1.65. The van der Waals surface area contributed by atoms with E-state index >= 15 is 0 Å². The highest BCUT2D eigenvalue weighted by atomic mass is 19.4. The second-order valence-electron chi connectivity index (χ2n) is 3.92. The summed E-state index contributed by atoms with van der Waals surface area (Å²) < 4.78 is 38.3. The van der Waals surface area contributed by atoms with Gasteiger partial charge in [0.2, 0.25) is 0 Å². The molecule has 0 radical (unpaired) electrons. The summed E-state index contributed by atoms with van der Waals surface area (Å²) in [7, 11) is 0. The van der Waals surface area contributed by atoms with Crippen LogP contribution < -0.4 is 5.32 Å². The third-order valence-corrected chi connectivity index (χ3v) is 2.54. The highest BCUT2D eigenvalue weighted by Crippen LogP contribution is 2.31. The Morgan fingerprint density at radius 3 is 2.50 bits per heavy atom. The number of aromatic nitrogens is 3. The average Bonchev–Trinajstić information content (AvgIpc) is 2.91. The van der Waals surface area contributed by atoms with Gasteiger partial charge in [-0.25, -0.2) is 0 Å². The Bertz CT molecular complexity index is 581. The standard InChI is InChI=1S/C12H11F3N4O/c13-12(14,15)10-4-2-1-3-9(10)11(20)16-7-8-19-17-5-6-18-19/h1-6H,7-8H2,(H,16,20). The van der Waals surface area contributed by atoms with Crippen LogP contribution in [0.1, 0.15) is 15.9 Å². The molecule has 0 atom stereocenters.